The molecule has 0 fully saturated rings. The van der Waals surface area contributed by atoms with Crippen molar-refractivity contribution in [3.8, 4) is 0 Å². The Morgan fingerprint density at radius 1 is 1.18 bits per heavy atom. The number of hydrogen-bond donors (Lipinski definition) is 2. The lowest BCUT2D eigenvalue weighted by Gasteiger charge is -2.28. The van der Waals surface area contributed by atoms with Crippen molar-refractivity contribution >= 4 is 0 Å². The van der Waals surface area contributed by atoms with Crippen LogP contribution in [0.2, 0.25) is 0 Å². The Bertz CT molecular complexity index is 313. The molecule has 1 rings (SSSR count). The van der Waals surface area contributed by atoms with Crippen LogP contribution in [0.4, 0.5) is 0 Å². The first-order valence-electron chi connectivity index (χ1n) is 6.44. The molecule has 0 heterocycles. The molecule has 0 spiro atoms. The Morgan fingerprint density at radius 2 is 1.76 bits per heavy atom. The summed E-state index contributed by atoms with van der Waals surface area (Å²) in [5.41, 5.74) is 7.43. The molecule has 0 saturated heterocycles. The van der Waals surface area contributed by atoms with Crippen LogP contribution >= 0.6 is 0 Å². The second kappa shape index (κ2) is 6.18. The number of hydrogen-bond acceptors (Lipinski definition) is 2. The van der Waals surface area contributed by atoms with E-state index in [4.69, 9.17) is 5.73 Å². The Labute approximate surface area is 106 Å². The third-order valence-electron chi connectivity index (χ3n) is 3.23. The van der Waals surface area contributed by atoms with Crippen LogP contribution in [-0.4, -0.2) is 18.6 Å². The molecule has 0 aliphatic rings. The smallest absolute Gasteiger partial charge is 0.00966 e. The van der Waals surface area contributed by atoms with E-state index in [2.05, 4.69) is 63.3 Å². The summed E-state index contributed by atoms with van der Waals surface area (Å²) in [6.45, 7) is 10.5. The van der Waals surface area contributed by atoms with Gasteiger partial charge in [-0.25, -0.2) is 0 Å². The summed E-state index contributed by atoms with van der Waals surface area (Å²) < 4.78 is 0. The van der Waals surface area contributed by atoms with Gasteiger partial charge >= 0.3 is 0 Å². The van der Waals surface area contributed by atoms with E-state index in [1.165, 1.54) is 5.56 Å². The summed E-state index contributed by atoms with van der Waals surface area (Å²) in [6.07, 6.45) is 0. The van der Waals surface area contributed by atoms with E-state index >= 15 is 0 Å². The lowest BCUT2D eigenvalue weighted by Crippen LogP contribution is -2.42. The van der Waals surface area contributed by atoms with Gasteiger partial charge in [0.2, 0.25) is 0 Å². The zero-order chi connectivity index (χ0) is 12.9. The monoisotopic (exact) mass is 234 g/mol. The third-order valence-corrected chi connectivity index (χ3v) is 3.23. The van der Waals surface area contributed by atoms with Gasteiger partial charge in [0, 0.05) is 12.1 Å². The largest absolute Gasteiger partial charge is 0.330 e. The summed E-state index contributed by atoms with van der Waals surface area (Å²) in [6, 6.07) is 10.6. The molecule has 3 N–H and O–H groups in total. The molecule has 0 radical (unpaired) electrons. The summed E-state index contributed by atoms with van der Waals surface area (Å²) in [5, 5.41) is 3.54. The van der Waals surface area contributed by atoms with Gasteiger partial charge in [-0.2, -0.15) is 0 Å². The van der Waals surface area contributed by atoms with E-state index in [0.29, 0.717) is 11.8 Å². The van der Waals surface area contributed by atoms with Gasteiger partial charge in [0.1, 0.15) is 0 Å². The Kier molecular flexibility index (Phi) is 5.16. The maximum Gasteiger partial charge on any atom is 0.00966 e. The van der Waals surface area contributed by atoms with Crippen LogP contribution in [0.25, 0.3) is 0 Å². The van der Waals surface area contributed by atoms with Crippen molar-refractivity contribution in [3.05, 3.63) is 35.9 Å². The van der Waals surface area contributed by atoms with Gasteiger partial charge in [0.15, 0.2) is 0 Å². The molecule has 1 aromatic rings. The molecular weight excluding hydrogens is 208 g/mol. The first-order valence-corrected chi connectivity index (χ1v) is 6.44. The molecule has 96 valence electrons. The van der Waals surface area contributed by atoms with Crippen molar-refractivity contribution in [1.29, 1.82) is 0 Å². The maximum atomic E-state index is 5.90. The second-order valence-electron chi connectivity index (χ2n) is 5.83. The topological polar surface area (TPSA) is 38.0 Å². The minimum Gasteiger partial charge on any atom is -0.330 e. The fourth-order valence-corrected chi connectivity index (χ4v) is 1.93. The third kappa shape index (κ3) is 4.88. The van der Waals surface area contributed by atoms with Crippen LogP contribution in [0.3, 0.4) is 0 Å². The van der Waals surface area contributed by atoms with Gasteiger partial charge in [-0.05, 0) is 44.7 Å². The first kappa shape index (κ1) is 14.2. The zero-order valence-corrected chi connectivity index (χ0v) is 11.5. The Hall–Kier alpha value is -0.860. The van der Waals surface area contributed by atoms with Crippen LogP contribution in [0.5, 0.6) is 0 Å². The van der Waals surface area contributed by atoms with Crippen molar-refractivity contribution in [2.24, 2.45) is 11.7 Å². The van der Waals surface area contributed by atoms with Crippen molar-refractivity contribution in [3.63, 3.8) is 0 Å². The highest BCUT2D eigenvalue weighted by atomic mass is 14.9. The van der Waals surface area contributed by atoms with Crippen LogP contribution in [0.1, 0.15) is 39.2 Å². The molecule has 0 amide bonds. The molecular formula is C15H26N2. The molecule has 0 saturated carbocycles. The van der Waals surface area contributed by atoms with E-state index in [0.717, 1.165) is 13.1 Å². The number of nitrogens with two attached hydrogens (primary N) is 1. The van der Waals surface area contributed by atoms with Gasteiger partial charge in [-0.3, -0.25) is 0 Å². The molecule has 17 heavy (non-hydrogen) atoms. The molecule has 2 unspecified atom stereocenters. The zero-order valence-electron chi connectivity index (χ0n) is 11.5. The number of benzene rings is 1. The molecule has 2 heteroatoms. The molecule has 1 aromatic carbocycles. The predicted molar refractivity (Wildman–Crippen MR) is 75.2 cm³/mol. The van der Waals surface area contributed by atoms with Gasteiger partial charge in [-0.15, -0.1) is 0 Å². The van der Waals surface area contributed by atoms with Crippen molar-refractivity contribution < 1.29 is 0 Å². The lowest BCUT2D eigenvalue weighted by atomic mass is 9.87. The average Bonchev–Trinajstić information content (AvgIpc) is 2.29. The summed E-state index contributed by atoms with van der Waals surface area (Å²) >= 11 is 0. The molecule has 0 aliphatic heterocycles. The average molecular weight is 234 g/mol. The molecule has 0 bridgehead atoms. The van der Waals surface area contributed by atoms with E-state index in [9.17, 15) is 0 Å². The summed E-state index contributed by atoms with van der Waals surface area (Å²) in [5.74, 6) is 0.979. The van der Waals surface area contributed by atoms with Crippen molar-refractivity contribution in [2.45, 2.75) is 39.2 Å². The quantitative estimate of drug-likeness (QED) is 0.822. The Balaban J connectivity index is 2.62. The molecule has 0 aliphatic carbocycles. The lowest BCUT2D eigenvalue weighted by molar-refractivity contribution is 0.348. The van der Waals surface area contributed by atoms with E-state index < -0.39 is 0 Å². The molecule has 0 aromatic heterocycles. The van der Waals surface area contributed by atoms with Gasteiger partial charge in [0.25, 0.3) is 0 Å². The van der Waals surface area contributed by atoms with Gasteiger partial charge < -0.3 is 11.1 Å². The SMILES string of the molecule is CC(c1ccccc1)C(CN)CNC(C)(C)C. The van der Waals surface area contributed by atoms with Crippen molar-refractivity contribution in [1.82, 2.24) is 5.32 Å². The fraction of sp³-hybridized carbons (Fsp3) is 0.600. The minimum atomic E-state index is 0.157. The van der Waals surface area contributed by atoms with Crippen molar-refractivity contribution in [2.75, 3.05) is 13.1 Å². The number of nitrogens with one attached hydrogen (secondary N) is 1. The summed E-state index contributed by atoms with van der Waals surface area (Å²) in [4.78, 5) is 0. The predicted octanol–water partition coefficient (Wildman–Crippen LogP) is 2.75. The maximum absolute atomic E-state index is 5.90. The highest BCUT2D eigenvalue weighted by Gasteiger charge is 2.19. The second-order valence-corrected chi connectivity index (χ2v) is 5.83. The van der Waals surface area contributed by atoms with Gasteiger partial charge in [-0.1, -0.05) is 37.3 Å². The Morgan fingerprint density at radius 3 is 2.24 bits per heavy atom. The molecule has 2 atom stereocenters. The highest BCUT2D eigenvalue weighted by molar-refractivity contribution is 5.19. The van der Waals surface area contributed by atoms with Crippen LogP contribution in [0, 0.1) is 5.92 Å². The first-order chi connectivity index (χ1) is 7.94. The van der Waals surface area contributed by atoms with Crippen LogP contribution in [0.15, 0.2) is 30.3 Å². The van der Waals surface area contributed by atoms with E-state index in [1.54, 1.807) is 0 Å². The fourth-order valence-electron chi connectivity index (χ4n) is 1.93. The van der Waals surface area contributed by atoms with Gasteiger partial charge in [0.05, 0.1) is 0 Å². The van der Waals surface area contributed by atoms with E-state index in [-0.39, 0.29) is 5.54 Å². The summed E-state index contributed by atoms with van der Waals surface area (Å²) in [7, 11) is 0. The molecule has 2 nitrogen and oxygen atoms in total. The number of rotatable bonds is 5. The van der Waals surface area contributed by atoms with Crippen LogP contribution < -0.4 is 11.1 Å². The highest BCUT2D eigenvalue weighted by Crippen LogP contribution is 2.23. The van der Waals surface area contributed by atoms with E-state index in [1.807, 2.05) is 0 Å². The minimum absolute atomic E-state index is 0.157. The standard InChI is InChI=1S/C15H26N2/c1-12(13-8-6-5-7-9-13)14(10-16)11-17-15(2,3)4/h5-9,12,14,17H,10-11,16H2,1-4H3. The van der Waals surface area contributed by atoms with Crippen LogP contribution in [-0.2, 0) is 0 Å². The normalized spacial score (nSPS) is 15.6.